The molecule has 0 aliphatic carbocycles. The van der Waals surface area contributed by atoms with Gasteiger partial charge in [-0.15, -0.1) is 0 Å². The lowest BCUT2D eigenvalue weighted by molar-refractivity contribution is -0.139. The Kier molecular flexibility index (Phi) is 6.87. The molecule has 6 nitrogen and oxygen atoms in total. The van der Waals surface area contributed by atoms with Crippen LogP contribution in [-0.2, 0) is 22.4 Å². The topological polar surface area (TPSA) is 64.7 Å². The molecule has 31 heavy (non-hydrogen) atoms. The van der Waals surface area contributed by atoms with Crippen molar-refractivity contribution in [1.29, 1.82) is 0 Å². The third-order valence-electron chi connectivity index (χ3n) is 6.40. The standard InChI is InChI=1S/C25H32N4O2/c1-28-16-12-21-17-20(9-10-22(21)28)23(29-14-5-6-15-29)18-27-25(31)24(30)26-13-11-19-7-3-2-4-8-19/h2-4,7-10,17,23H,5-6,11-16,18H2,1H3,(H,26,30)(H,27,31). The largest absolute Gasteiger partial charge is 0.374 e. The summed E-state index contributed by atoms with van der Waals surface area (Å²) in [6.45, 7) is 4.00. The lowest BCUT2D eigenvalue weighted by Crippen LogP contribution is -2.44. The highest BCUT2D eigenvalue weighted by molar-refractivity contribution is 6.35. The van der Waals surface area contributed by atoms with E-state index in [1.54, 1.807) is 0 Å². The fourth-order valence-corrected chi connectivity index (χ4v) is 4.62. The molecule has 0 aromatic heterocycles. The van der Waals surface area contributed by atoms with Crippen LogP contribution in [0.25, 0.3) is 0 Å². The molecule has 1 atom stereocenters. The van der Waals surface area contributed by atoms with Gasteiger partial charge in [-0.3, -0.25) is 14.5 Å². The minimum Gasteiger partial charge on any atom is -0.374 e. The maximum atomic E-state index is 12.4. The molecule has 2 aromatic carbocycles. The third-order valence-corrected chi connectivity index (χ3v) is 6.40. The predicted molar refractivity (Wildman–Crippen MR) is 123 cm³/mol. The summed E-state index contributed by atoms with van der Waals surface area (Å²) in [6, 6.07) is 16.7. The van der Waals surface area contributed by atoms with Crippen LogP contribution in [0.15, 0.2) is 48.5 Å². The second kappa shape index (κ2) is 9.96. The number of hydrogen-bond acceptors (Lipinski definition) is 4. The number of carbonyl (C=O) groups excluding carboxylic acids is 2. The van der Waals surface area contributed by atoms with Crippen LogP contribution < -0.4 is 15.5 Å². The van der Waals surface area contributed by atoms with E-state index < -0.39 is 11.8 Å². The minimum absolute atomic E-state index is 0.0970. The predicted octanol–water partition coefficient (Wildman–Crippen LogP) is 2.29. The van der Waals surface area contributed by atoms with E-state index in [9.17, 15) is 9.59 Å². The molecular weight excluding hydrogens is 388 g/mol. The molecule has 2 amide bonds. The van der Waals surface area contributed by atoms with Crippen LogP contribution in [0, 0.1) is 0 Å². The second-order valence-electron chi connectivity index (χ2n) is 8.52. The molecule has 6 heteroatoms. The van der Waals surface area contributed by atoms with Gasteiger partial charge < -0.3 is 15.5 Å². The molecular formula is C25H32N4O2. The Labute approximate surface area is 184 Å². The number of likely N-dealkylation sites (N-methyl/N-ethyl adjacent to an activating group) is 1. The fraction of sp³-hybridized carbons (Fsp3) is 0.440. The Balaban J connectivity index is 1.34. The average Bonchev–Trinajstić information content (AvgIpc) is 3.45. The Hall–Kier alpha value is -2.86. The van der Waals surface area contributed by atoms with Crippen molar-refractivity contribution in [3.8, 4) is 0 Å². The lowest BCUT2D eigenvalue weighted by atomic mass is 10.0. The number of fused-ring (bicyclic) bond motifs is 1. The highest BCUT2D eigenvalue weighted by Gasteiger charge is 2.26. The van der Waals surface area contributed by atoms with Gasteiger partial charge in [0.05, 0.1) is 6.04 Å². The van der Waals surface area contributed by atoms with E-state index in [1.165, 1.54) is 29.7 Å². The maximum absolute atomic E-state index is 12.4. The molecule has 2 aliphatic heterocycles. The summed E-state index contributed by atoms with van der Waals surface area (Å²) in [7, 11) is 2.13. The molecule has 0 radical (unpaired) electrons. The zero-order valence-electron chi connectivity index (χ0n) is 18.3. The number of carbonyl (C=O) groups is 2. The Bertz CT molecular complexity index is 909. The number of hydrogen-bond donors (Lipinski definition) is 2. The van der Waals surface area contributed by atoms with Crippen LogP contribution in [0.1, 0.15) is 35.6 Å². The summed E-state index contributed by atoms with van der Waals surface area (Å²) in [5.74, 6) is -1.12. The Morgan fingerprint density at radius 1 is 0.968 bits per heavy atom. The Morgan fingerprint density at radius 2 is 1.71 bits per heavy atom. The first kappa shape index (κ1) is 21.4. The van der Waals surface area contributed by atoms with Crippen molar-refractivity contribution >= 4 is 17.5 Å². The van der Waals surface area contributed by atoms with Gasteiger partial charge in [0.2, 0.25) is 0 Å². The molecule has 0 bridgehead atoms. The highest BCUT2D eigenvalue weighted by atomic mass is 16.2. The minimum atomic E-state index is -0.563. The summed E-state index contributed by atoms with van der Waals surface area (Å²) in [5, 5.41) is 5.61. The molecule has 2 heterocycles. The monoisotopic (exact) mass is 420 g/mol. The molecule has 4 rings (SSSR count). The van der Waals surface area contributed by atoms with E-state index in [0.29, 0.717) is 19.5 Å². The molecule has 1 fully saturated rings. The van der Waals surface area contributed by atoms with E-state index in [-0.39, 0.29) is 6.04 Å². The third kappa shape index (κ3) is 5.25. The SMILES string of the molecule is CN1CCc2cc(C(CNC(=O)C(=O)NCCc3ccccc3)N3CCCC3)ccc21. The normalized spacial score (nSPS) is 16.7. The van der Waals surface area contributed by atoms with E-state index >= 15 is 0 Å². The molecule has 2 aromatic rings. The molecule has 1 saturated heterocycles. The van der Waals surface area contributed by atoms with Gasteiger partial charge >= 0.3 is 11.8 Å². The first-order valence-electron chi connectivity index (χ1n) is 11.3. The van der Waals surface area contributed by atoms with E-state index in [0.717, 1.165) is 31.6 Å². The van der Waals surface area contributed by atoms with Gasteiger partial charge in [0.25, 0.3) is 0 Å². The quantitative estimate of drug-likeness (QED) is 0.675. The Morgan fingerprint density at radius 3 is 2.48 bits per heavy atom. The van der Waals surface area contributed by atoms with Crippen molar-refractivity contribution in [2.24, 2.45) is 0 Å². The molecule has 164 valence electrons. The maximum Gasteiger partial charge on any atom is 0.309 e. The molecule has 0 spiro atoms. The molecule has 2 aliphatic rings. The number of amides is 2. The molecule has 2 N–H and O–H groups in total. The number of nitrogens with zero attached hydrogens (tertiary/aromatic N) is 2. The van der Waals surface area contributed by atoms with Crippen molar-refractivity contribution in [3.63, 3.8) is 0 Å². The zero-order valence-corrected chi connectivity index (χ0v) is 18.3. The second-order valence-corrected chi connectivity index (χ2v) is 8.52. The van der Waals surface area contributed by atoms with Gasteiger partial charge in [0.15, 0.2) is 0 Å². The average molecular weight is 421 g/mol. The van der Waals surface area contributed by atoms with Crippen molar-refractivity contribution in [1.82, 2.24) is 15.5 Å². The van der Waals surface area contributed by atoms with Gasteiger partial charge in [0, 0.05) is 32.4 Å². The molecule has 0 saturated carbocycles. The smallest absolute Gasteiger partial charge is 0.309 e. The van der Waals surface area contributed by atoms with Gasteiger partial charge in [0.1, 0.15) is 0 Å². The first-order valence-corrected chi connectivity index (χ1v) is 11.3. The number of rotatable bonds is 7. The molecule has 1 unspecified atom stereocenters. The first-order chi connectivity index (χ1) is 15.1. The van der Waals surface area contributed by atoms with E-state index in [2.05, 4.69) is 45.7 Å². The van der Waals surface area contributed by atoms with Gasteiger partial charge in [-0.2, -0.15) is 0 Å². The van der Waals surface area contributed by atoms with Crippen LogP contribution >= 0.6 is 0 Å². The fourth-order valence-electron chi connectivity index (χ4n) is 4.62. The van der Waals surface area contributed by atoms with Crippen LogP contribution in [0.4, 0.5) is 5.69 Å². The number of benzene rings is 2. The highest BCUT2D eigenvalue weighted by Crippen LogP contribution is 2.32. The summed E-state index contributed by atoms with van der Waals surface area (Å²) >= 11 is 0. The summed E-state index contributed by atoms with van der Waals surface area (Å²) in [4.78, 5) is 29.4. The van der Waals surface area contributed by atoms with Crippen LogP contribution in [0.5, 0.6) is 0 Å². The van der Waals surface area contributed by atoms with Crippen molar-refractivity contribution < 1.29 is 9.59 Å². The van der Waals surface area contributed by atoms with Crippen LogP contribution in [0.2, 0.25) is 0 Å². The zero-order chi connectivity index (χ0) is 21.6. The van der Waals surface area contributed by atoms with Crippen LogP contribution in [0.3, 0.4) is 0 Å². The van der Waals surface area contributed by atoms with Crippen molar-refractivity contribution in [3.05, 3.63) is 65.2 Å². The van der Waals surface area contributed by atoms with Gasteiger partial charge in [-0.05, 0) is 61.5 Å². The van der Waals surface area contributed by atoms with Crippen LogP contribution in [-0.4, -0.2) is 56.5 Å². The number of likely N-dealkylation sites (tertiary alicyclic amines) is 1. The van der Waals surface area contributed by atoms with Crippen molar-refractivity contribution in [2.45, 2.75) is 31.7 Å². The van der Waals surface area contributed by atoms with Crippen molar-refractivity contribution in [2.75, 3.05) is 44.7 Å². The van der Waals surface area contributed by atoms with E-state index in [4.69, 9.17) is 0 Å². The summed E-state index contributed by atoms with van der Waals surface area (Å²) in [6.07, 6.45) is 4.12. The summed E-state index contributed by atoms with van der Waals surface area (Å²) in [5.41, 5.74) is 5.03. The lowest BCUT2D eigenvalue weighted by Gasteiger charge is -2.28. The summed E-state index contributed by atoms with van der Waals surface area (Å²) < 4.78 is 0. The number of nitrogens with one attached hydrogen (secondary N) is 2. The van der Waals surface area contributed by atoms with E-state index in [1.807, 2.05) is 30.3 Å². The van der Waals surface area contributed by atoms with Gasteiger partial charge in [-0.1, -0.05) is 42.5 Å². The number of anilines is 1. The van der Waals surface area contributed by atoms with Gasteiger partial charge in [-0.25, -0.2) is 0 Å².